The molecule has 1 unspecified atom stereocenters. The number of nitrogens with zero attached hydrogens (tertiary/aromatic N) is 1. The number of ether oxygens (including phenoxy) is 3. The molecule has 10 heteroatoms. The lowest BCUT2D eigenvalue weighted by Crippen LogP contribution is -2.25. The summed E-state index contributed by atoms with van der Waals surface area (Å²) in [6.45, 7) is 1.45. The van der Waals surface area contributed by atoms with Gasteiger partial charge in [0.15, 0.2) is 6.10 Å². The van der Waals surface area contributed by atoms with Gasteiger partial charge < -0.3 is 19.4 Å². The van der Waals surface area contributed by atoms with Gasteiger partial charge in [0.2, 0.25) is 0 Å². The van der Waals surface area contributed by atoms with Crippen molar-refractivity contribution in [1.82, 2.24) is 0 Å². The Morgan fingerprint density at radius 1 is 1.21 bits per heavy atom. The second kappa shape index (κ2) is 8.83. The highest BCUT2D eigenvalue weighted by Crippen LogP contribution is 2.37. The molecule has 0 amide bonds. The maximum atomic E-state index is 12.7. The molecule has 0 aliphatic rings. The number of rotatable bonds is 6. The van der Waals surface area contributed by atoms with Gasteiger partial charge in [0.25, 0.3) is 0 Å². The molecule has 0 fully saturated rings. The van der Waals surface area contributed by atoms with E-state index >= 15 is 0 Å². The average molecular weight is 418 g/mol. The number of carbonyl (C=O) groups is 1. The predicted molar refractivity (Wildman–Crippen MR) is 94.5 cm³/mol. The molecule has 0 radical (unpaired) electrons. The Bertz CT molecular complexity index is 886. The predicted octanol–water partition coefficient (Wildman–Crippen LogP) is 4.90. The van der Waals surface area contributed by atoms with E-state index in [1.165, 1.54) is 32.2 Å². The molecule has 0 aromatic heterocycles. The summed E-state index contributed by atoms with van der Waals surface area (Å²) in [5.41, 5.74) is -0.584. The smallest absolute Gasteiger partial charge is 0.416 e. The van der Waals surface area contributed by atoms with Crippen molar-refractivity contribution >= 4 is 23.8 Å². The van der Waals surface area contributed by atoms with Gasteiger partial charge in [-0.05, 0) is 37.3 Å². The zero-order chi connectivity index (χ0) is 20.9. The Morgan fingerprint density at radius 2 is 1.93 bits per heavy atom. The Labute approximate surface area is 163 Å². The second-order valence-corrected chi connectivity index (χ2v) is 5.88. The van der Waals surface area contributed by atoms with Crippen LogP contribution < -0.4 is 9.47 Å². The van der Waals surface area contributed by atoms with Gasteiger partial charge in [-0.25, -0.2) is 4.79 Å². The first kappa shape index (κ1) is 21.4. The van der Waals surface area contributed by atoms with Gasteiger partial charge in [0.1, 0.15) is 17.2 Å². The number of oxime groups is 1. The normalized spacial score (nSPS) is 12.6. The van der Waals surface area contributed by atoms with Gasteiger partial charge in [-0.2, -0.15) is 13.2 Å². The number of halogens is 4. The molecule has 0 bridgehead atoms. The van der Waals surface area contributed by atoms with Gasteiger partial charge in [0, 0.05) is 11.6 Å². The van der Waals surface area contributed by atoms with E-state index in [4.69, 9.17) is 26.3 Å². The van der Waals surface area contributed by atoms with Crippen LogP contribution in [0.3, 0.4) is 0 Å². The molecule has 0 aliphatic heterocycles. The molecule has 0 heterocycles. The number of hydrogen-bond acceptors (Lipinski definition) is 6. The summed E-state index contributed by atoms with van der Waals surface area (Å²) in [5, 5.41) is 11.4. The third-order valence-corrected chi connectivity index (χ3v) is 3.80. The van der Waals surface area contributed by atoms with Gasteiger partial charge in [-0.3, -0.25) is 0 Å². The molecule has 150 valence electrons. The fourth-order valence-electron chi connectivity index (χ4n) is 2.14. The summed E-state index contributed by atoms with van der Waals surface area (Å²) in [6, 6.07) is 6.97. The molecule has 2 aromatic rings. The standard InChI is InChI=1S/C18H15ClF3NO5/c1-10(17(24)26-2)27-16-8-13(5-3-11(16)9-23-25)28-15-6-4-12(7-14(15)19)18(20,21)22/h3-10,25H,1-2H3/b23-9+. The zero-order valence-corrected chi connectivity index (χ0v) is 15.4. The van der Waals surface area contributed by atoms with Crippen LogP contribution in [0.25, 0.3) is 0 Å². The van der Waals surface area contributed by atoms with Crippen molar-refractivity contribution in [1.29, 1.82) is 0 Å². The summed E-state index contributed by atoms with van der Waals surface area (Å²) in [5.74, 6) is -0.353. The monoisotopic (exact) mass is 417 g/mol. The summed E-state index contributed by atoms with van der Waals surface area (Å²) in [7, 11) is 1.20. The van der Waals surface area contributed by atoms with Crippen molar-refractivity contribution < 1.29 is 37.4 Å². The lowest BCUT2D eigenvalue weighted by Gasteiger charge is -2.16. The Morgan fingerprint density at radius 3 is 2.50 bits per heavy atom. The first-order valence-corrected chi connectivity index (χ1v) is 8.14. The largest absolute Gasteiger partial charge is 0.478 e. The Balaban J connectivity index is 2.31. The minimum absolute atomic E-state index is 0.00907. The van der Waals surface area contributed by atoms with Crippen molar-refractivity contribution in [2.24, 2.45) is 5.16 Å². The summed E-state index contributed by atoms with van der Waals surface area (Å²) in [4.78, 5) is 11.5. The number of hydrogen-bond donors (Lipinski definition) is 1. The van der Waals surface area contributed by atoms with Crippen LogP contribution in [0.4, 0.5) is 13.2 Å². The van der Waals surface area contributed by atoms with Crippen molar-refractivity contribution in [3.05, 3.63) is 52.5 Å². The van der Waals surface area contributed by atoms with Crippen molar-refractivity contribution in [3.8, 4) is 17.2 Å². The minimum atomic E-state index is -4.53. The van der Waals surface area contributed by atoms with Crippen LogP contribution in [0.15, 0.2) is 41.6 Å². The van der Waals surface area contributed by atoms with Gasteiger partial charge in [-0.1, -0.05) is 16.8 Å². The SMILES string of the molecule is COC(=O)C(C)Oc1cc(Oc2ccc(C(F)(F)F)cc2Cl)ccc1/C=N/O. The Hall–Kier alpha value is -2.94. The molecular formula is C18H15ClF3NO5. The van der Waals surface area contributed by atoms with Gasteiger partial charge in [0.05, 0.1) is 23.9 Å². The zero-order valence-electron chi connectivity index (χ0n) is 14.7. The molecule has 0 spiro atoms. The molecule has 0 saturated heterocycles. The molecule has 2 rings (SSSR count). The van der Waals surface area contributed by atoms with E-state index in [0.717, 1.165) is 24.4 Å². The maximum absolute atomic E-state index is 12.7. The van der Waals surface area contributed by atoms with Gasteiger partial charge in [-0.15, -0.1) is 0 Å². The highest BCUT2D eigenvalue weighted by atomic mass is 35.5. The van der Waals surface area contributed by atoms with Crippen molar-refractivity contribution in [2.45, 2.75) is 19.2 Å². The van der Waals surface area contributed by atoms with Crippen LogP contribution in [0, 0.1) is 0 Å². The molecule has 1 N–H and O–H groups in total. The van der Waals surface area contributed by atoms with E-state index < -0.39 is 23.8 Å². The fourth-order valence-corrected chi connectivity index (χ4v) is 2.36. The molecule has 1 atom stereocenters. The summed E-state index contributed by atoms with van der Waals surface area (Å²) in [6.07, 6.45) is -4.42. The minimum Gasteiger partial charge on any atom is -0.478 e. The third kappa shape index (κ3) is 5.29. The van der Waals surface area contributed by atoms with E-state index in [0.29, 0.717) is 5.56 Å². The van der Waals surface area contributed by atoms with Crippen LogP contribution in [-0.2, 0) is 15.7 Å². The quantitative estimate of drug-likeness (QED) is 0.313. The summed E-state index contributed by atoms with van der Waals surface area (Å²) >= 11 is 5.88. The van der Waals surface area contributed by atoms with Gasteiger partial charge >= 0.3 is 12.1 Å². The summed E-state index contributed by atoms with van der Waals surface area (Å²) < 4.78 is 53.8. The topological polar surface area (TPSA) is 77.4 Å². The lowest BCUT2D eigenvalue weighted by atomic mass is 10.2. The van der Waals surface area contributed by atoms with E-state index in [2.05, 4.69) is 9.89 Å². The Kier molecular flexibility index (Phi) is 6.74. The van der Waals surface area contributed by atoms with E-state index in [9.17, 15) is 18.0 Å². The first-order valence-electron chi connectivity index (χ1n) is 7.76. The fraction of sp³-hybridized carbons (Fsp3) is 0.222. The second-order valence-electron chi connectivity index (χ2n) is 5.47. The van der Waals surface area contributed by atoms with Crippen molar-refractivity contribution in [3.63, 3.8) is 0 Å². The molecule has 6 nitrogen and oxygen atoms in total. The molecular weight excluding hydrogens is 403 g/mol. The van der Waals surface area contributed by atoms with Crippen LogP contribution in [-0.4, -0.2) is 30.6 Å². The molecule has 2 aromatic carbocycles. The van der Waals surface area contributed by atoms with Crippen LogP contribution >= 0.6 is 11.6 Å². The first-order chi connectivity index (χ1) is 13.2. The highest BCUT2D eigenvalue weighted by molar-refractivity contribution is 6.32. The maximum Gasteiger partial charge on any atom is 0.416 e. The number of carbonyl (C=O) groups excluding carboxylic acids is 1. The van der Waals surface area contributed by atoms with Crippen LogP contribution in [0.2, 0.25) is 5.02 Å². The third-order valence-electron chi connectivity index (χ3n) is 3.51. The van der Waals surface area contributed by atoms with E-state index in [1.807, 2.05) is 0 Å². The number of methoxy groups -OCH3 is 1. The average Bonchev–Trinajstić information content (AvgIpc) is 2.64. The number of benzene rings is 2. The highest BCUT2D eigenvalue weighted by Gasteiger charge is 2.31. The molecule has 0 saturated carbocycles. The van der Waals surface area contributed by atoms with E-state index in [-0.39, 0.29) is 22.3 Å². The van der Waals surface area contributed by atoms with E-state index in [1.54, 1.807) is 0 Å². The number of alkyl halides is 3. The van der Waals surface area contributed by atoms with Crippen LogP contribution in [0.1, 0.15) is 18.1 Å². The number of esters is 1. The lowest BCUT2D eigenvalue weighted by molar-refractivity contribution is -0.148. The van der Waals surface area contributed by atoms with Crippen LogP contribution in [0.5, 0.6) is 17.2 Å². The van der Waals surface area contributed by atoms with Crippen molar-refractivity contribution in [2.75, 3.05) is 7.11 Å². The molecule has 28 heavy (non-hydrogen) atoms. The molecule has 0 aliphatic carbocycles.